The van der Waals surface area contributed by atoms with E-state index in [1.807, 2.05) is 56.4 Å². The van der Waals surface area contributed by atoms with Crippen LogP contribution in [-0.4, -0.2) is 72.1 Å². The molecule has 3 N–H and O–H groups in total. The summed E-state index contributed by atoms with van der Waals surface area (Å²) in [7, 11) is 1.81. The normalized spacial score (nSPS) is 16.3. The van der Waals surface area contributed by atoms with Crippen LogP contribution >= 0.6 is 0 Å². The van der Waals surface area contributed by atoms with Gasteiger partial charge in [-0.1, -0.05) is 45.0 Å². The largest absolute Gasteiger partial charge is 0.492 e. The zero-order valence-electron chi connectivity index (χ0n) is 22.8. The molecule has 1 aliphatic heterocycles. The summed E-state index contributed by atoms with van der Waals surface area (Å²) in [5.41, 5.74) is 1.47. The Morgan fingerprint density at radius 1 is 1.13 bits per heavy atom. The highest BCUT2D eigenvalue weighted by Crippen LogP contribution is 2.32. The molecule has 10 nitrogen and oxygen atoms in total. The standard InChI is InChI=1S/C28H38N6O4/c1-6-29-26(35)23-18-34(14-16-38-23)13-15-37-22-12-11-21(19-9-7-8-10-20(19)22)30-27(36)31-25-17-24(28(2,3)4)32-33(25)5/h7-12,17,23H,6,13-16,18H2,1-5H3,(H,29,35)(H2,30,31,36). The van der Waals surface area contributed by atoms with Gasteiger partial charge in [0.25, 0.3) is 0 Å². The van der Waals surface area contributed by atoms with Crippen molar-refractivity contribution in [1.82, 2.24) is 20.0 Å². The number of aryl methyl sites for hydroxylation is 1. The molecule has 0 saturated carbocycles. The summed E-state index contributed by atoms with van der Waals surface area (Å²) < 4.78 is 13.4. The van der Waals surface area contributed by atoms with Crippen LogP contribution < -0.4 is 20.7 Å². The Kier molecular flexibility index (Phi) is 8.53. The zero-order valence-corrected chi connectivity index (χ0v) is 22.8. The number of carbonyl (C=O) groups excluding carboxylic acids is 2. The number of carbonyl (C=O) groups is 2. The van der Waals surface area contributed by atoms with Crippen LogP contribution in [0, 0.1) is 0 Å². The van der Waals surface area contributed by atoms with Crippen molar-refractivity contribution in [1.29, 1.82) is 0 Å². The van der Waals surface area contributed by atoms with E-state index >= 15 is 0 Å². The summed E-state index contributed by atoms with van der Waals surface area (Å²) in [6.45, 7) is 11.7. The van der Waals surface area contributed by atoms with Gasteiger partial charge in [-0.05, 0) is 19.1 Å². The second kappa shape index (κ2) is 11.8. The Morgan fingerprint density at radius 2 is 1.89 bits per heavy atom. The predicted octanol–water partition coefficient (Wildman–Crippen LogP) is 3.73. The minimum Gasteiger partial charge on any atom is -0.492 e. The molecule has 0 spiro atoms. The molecule has 1 saturated heterocycles. The van der Waals surface area contributed by atoms with Crippen molar-refractivity contribution in [3.8, 4) is 5.75 Å². The van der Waals surface area contributed by atoms with E-state index in [2.05, 4.69) is 46.7 Å². The van der Waals surface area contributed by atoms with Crippen LogP contribution in [0.1, 0.15) is 33.4 Å². The van der Waals surface area contributed by atoms with Crippen LogP contribution in [0.3, 0.4) is 0 Å². The van der Waals surface area contributed by atoms with Gasteiger partial charge in [-0.25, -0.2) is 4.79 Å². The molecule has 204 valence electrons. The van der Waals surface area contributed by atoms with Crippen molar-refractivity contribution in [2.45, 2.75) is 39.2 Å². The van der Waals surface area contributed by atoms with E-state index in [9.17, 15) is 9.59 Å². The molecule has 0 radical (unpaired) electrons. The van der Waals surface area contributed by atoms with Gasteiger partial charge in [0.1, 0.15) is 24.3 Å². The lowest BCUT2D eigenvalue weighted by Crippen LogP contribution is -2.50. The van der Waals surface area contributed by atoms with Gasteiger partial charge in [-0.2, -0.15) is 5.10 Å². The zero-order chi connectivity index (χ0) is 27.3. The summed E-state index contributed by atoms with van der Waals surface area (Å²) in [6.07, 6.45) is -0.451. The maximum atomic E-state index is 12.8. The third-order valence-corrected chi connectivity index (χ3v) is 6.48. The number of ether oxygens (including phenoxy) is 2. The van der Waals surface area contributed by atoms with Crippen molar-refractivity contribution in [3.63, 3.8) is 0 Å². The molecule has 1 fully saturated rings. The highest BCUT2D eigenvalue weighted by atomic mass is 16.5. The van der Waals surface area contributed by atoms with Crippen LogP contribution in [0.25, 0.3) is 10.8 Å². The Hall–Kier alpha value is -3.63. The van der Waals surface area contributed by atoms with E-state index < -0.39 is 6.10 Å². The van der Waals surface area contributed by atoms with Crippen molar-refractivity contribution < 1.29 is 19.1 Å². The molecule has 38 heavy (non-hydrogen) atoms. The molecule has 0 bridgehead atoms. The number of nitrogens with one attached hydrogen (secondary N) is 3. The summed E-state index contributed by atoms with van der Waals surface area (Å²) in [6, 6.07) is 13.1. The van der Waals surface area contributed by atoms with Gasteiger partial charge in [-0.15, -0.1) is 0 Å². The Bertz CT molecular complexity index is 1280. The first kappa shape index (κ1) is 27.4. The molecule has 10 heteroatoms. The first-order valence-corrected chi connectivity index (χ1v) is 13.0. The summed E-state index contributed by atoms with van der Waals surface area (Å²) in [5, 5.41) is 15.0. The second-order valence-corrected chi connectivity index (χ2v) is 10.4. The number of hydrogen-bond acceptors (Lipinski definition) is 6. The van der Waals surface area contributed by atoms with Gasteiger partial charge in [-0.3, -0.25) is 19.7 Å². The number of rotatable bonds is 8. The minimum atomic E-state index is -0.451. The van der Waals surface area contributed by atoms with E-state index in [1.54, 1.807) is 4.68 Å². The Labute approximate surface area is 223 Å². The smallest absolute Gasteiger partial charge is 0.324 e. The van der Waals surface area contributed by atoms with E-state index in [0.717, 1.165) is 28.8 Å². The van der Waals surface area contributed by atoms with Gasteiger partial charge in [0.15, 0.2) is 0 Å². The number of amides is 3. The Morgan fingerprint density at radius 3 is 2.61 bits per heavy atom. The van der Waals surface area contributed by atoms with E-state index in [1.165, 1.54) is 0 Å². The minimum absolute atomic E-state index is 0.0747. The molecule has 1 unspecified atom stereocenters. The number of nitrogens with zero attached hydrogens (tertiary/aromatic N) is 3. The van der Waals surface area contributed by atoms with E-state index in [4.69, 9.17) is 9.47 Å². The number of hydrogen-bond donors (Lipinski definition) is 3. The van der Waals surface area contributed by atoms with Crippen molar-refractivity contribution in [2.75, 3.05) is 50.0 Å². The molecule has 3 amide bonds. The molecule has 2 aromatic carbocycles. The van der Waals surface area contributed by atoms with Crippen LogP contribution in [0.15, 0.2) is 42.5 Å². The monoisotopic (exact) mass is 522 g/mol. The predicted molar refractivity (Wildman–Crippen MR) is 149 cm³/mol. The topological polar surface area (TPSA) is 110 Å². The molecule has 2 heterocycles. The quantitative estimate of drug-likeness (QED) is 0.416. The molecule has 1 aromatic heterocycles. The van der Waals surface area contributed by atoms with E-state index in [-0.39, 0.29) is 17.4 Å². The molecule has 1 atom stereocenters. The average Bonchev–Trinajstić information content (AvgIpc) is 3.26. The average molecular weight is 523 g/mol. The number of morpholine rings is 1. The number of likely N-dealkylation sites (N-methyl/N-ethyl adjacent to an activating group) is 1. The number of benzene rings is 2. The Balaban J connectivity index is 1.39. The third-order valence-electron chi connectivity index (χ3n) is 6.48. The van der Waals surface area contributed by atoms with Crippen LogP contribution in [0.4, 0.5) is 16.3 Å². The van der Waals surface area contributed by atoms with Gasteiger partial charge in [0.05, 0.1) is 18.0 Å². The molecular formula is C28H38N6O4. The first-order valence-electron chi connectivity index (χ1n) is 13.0. The van der Waals surface area contributed by atoms with E-state index in [0.29, 0.717) is 44.4 Å². The second-order valence-electron chi connectivity index (χ2n) is 10.4. The van der Waals surface area contributed by atoms with Gasteiger partial charge >= 0.3 is 6.03 Å². The molecule has 4 rings (SSSR count). The summed E-state index contributed by atoms with van der Waals surface area (Å²) in [4.78, 5) is 27.1. The third kappa shape index (κ3) is 6.62. The molecular weight excluding hydrogens is 484 g/mol. The van der Waals surface area contributed by atoms with Crippen molar-refractivity contribution in [2.24, 2.45) is 7.05 Å². The fourth-order valence-corrected chi connectivity index (χ4v) is 4.36. The van der Waals surface area contributed by atoms with Crippen LogP contribution in [0.2, 0.25) is 0 Å². The van der Waals surface area contributed by atoms with Gasteiger partial charge in [0.2, 0.25) is 5.91 Å². The fraction of sp³-hybridized carbons (Fsp3) is 0.464. The lowest BCUT2D eigenvalue weighted by atomic mass is 9.92. The number of fused-ring (bicyclic) bond motifs is 1. The molecule has 1 aliphatic rings. The number of urea groups is 1. The summed E-state index contributed by atoms with van der Waals surface area (Å²) >= 11 is 0. The lowest BCUT2D eigenvalue weighted by molar-refractivity contribution is -0.138. The van der Waals surface area contributed by atoms with Crippen molar-refractivity contribution >= 4 is 34.2 Å². The summed E-state index contributed by atoms with van der Waals surface area (Å²) in [5.74, 6) is 1.28. The fourth-order valence-electron chi connectivity index (χ4n) is 4.36. The van der Waals surface area contributed by atoms with Crippen molar-refractivity contribution in [3.05, 3.63) is 48.2 Å². The van der Waals surface area contributed by atoms with Gasteiger partial charge < -0.3 is 20.1 Å². The maximum Gasteiger partial charge on any atom is 0.324 e. The highest BCUT2D eigenvalue weighted by Gasteiger charge is 2.26. The lowest BCUT2D eigenvalue weighted by Gasteiger charge is -2.31. The number of anilines is 2. The first-order chi connectivity index (χ1) is 18.2. The molecule has 3 aromatic rings. The van der Waals surface area contributed by atoms with Crippen LogP contribution in [0.5, 0.6) is 5.75 Å². The maximum absolute atomic E-state index is 12.8. The van der Waals surface area contributed by atoms with Gasteiger partial charge in [0, 0.05) is 55.5 Å². The SMILES string of the molecule is CCNC(=O)C1CN(CCOc2ccc(NC(=O)Nc3cc(C(C)(C)C)nn3C)c3ccccc23)CCO1. The molecule has 0 aliphatic carbocycles. The number of aromatic nitrogens is 2. The van der Waals surface area contributed by atoms with Crippen LogP contribution in [-0.2, 0) is 22.0 Å². The highest BCUT2D eigenvalue weighted by molar-refractivity contribution is 6.07.